The molecule has 1 atom stereocenters. The van der Waals surface area contributed by atoms with Gasteiger partial charge in [0.2, 0.25) is 0 Å². The number of carbonyl (C=O) groups excluding carboxylic acids is 2. The van der Waals surface area contributed by atoms with Crippen molar-refractivity contribution in [2.24, 2.45) is 5.92 Å². The van der Waals surface area contributed by atoms with Gasteiger partial charge in [-0.3, -0.25) is 4.79 Å². The van der Waals surface area contributed by atoms with Gasteiger partial charge in [0, 0.05) is 12.2 Å². The summed E-state index contributed by atoms with van der Waals surface area (Å²) in [5.41, 5.74) is 1.68. The van der Waals surface area contributed by atoms with E-state index in [0.717, 1.165) is 24.2 Å². The van der Waals surface area contributed by atoms with Crippen LogP contribution in [0.4, 0.5) is 0 Å². The van der Waals surface area contributed by atoms with E-state index in [2.05, 4.69) is 15.4 Å². The van der Waals surface area contributed by atoms with Crippen molar-refractivity contribution in [1.82, 2.24) is 20.1 Å². The summed E-state index contributed by atoms with van der Waals surface area (Å²) in [4.78, 5) is 29.2. The Hall–Kier alpha value is -2.41. The Kier molecular flexibility index (Phi) is 6.90. The first kappa shape index (κ1) is 21.3. The summed E-state index contributed by atoms with van der Waals surface area (Å²) in [7, 11) is 0. The van der Waals surface area contributed by atoms with Gasteiger partial charge < -0.3 is 10.1 Å². The van der Waals surface area contributed by atoms with Crippen molar-refractivity contribution in [2.75, 3.05) is 6.54 Å². The van der Waals surface area contributed by atoms with E-state index >= 15 is 0 Å². The molecule has 3 rings (SSSR count). The van der Waals surface area contributed by atoms with Crippen molar-refractivity contribution < 1.29 is 14.3 Å². The molecule has 0 saturated heterocycles. The lowest BCUT2D eigenvalue weighted by Crippen LogP contribution is -2.38. The summed E-state index contributed by atoms with van der Waals surface area (Å²) in [5, 5.41) is 7.41. The van der Waals surface area contributed by atoms with E-state index in [1.54, 1.807) is 23.7 Å². The second-order valence-electron chi connectivity index (χ2n) is 7.64. The normalized spacial score (nSPS) is 15.7. The van der Waals surface area contributed by atoms with E-state index < -0.39 is 12.1 Å². The van der Waals surface area contributed by atoms with Gasteiger partial charge in [0.1, 0.15) is 0 Å². The van der Waals surface area contributed by atoms with Crippen molar-refractivity contribution in [3.8, 4) is 5.82 Å². The smallest absolute Gasteiger partial charge is 0.359 e. The van der Waals surface area contributed by atoms with E-state index in [4.69, 9.17) is 16.3 Å². The van der Waals surface area contributed by atoms with Gasteiger partial charge in [-0.05, 0) is 57.7 Å². The van der Waals surface area contributed by atoms with Crippen molar-refractivity contribution in [3.05, 3.63) is 40.3 Å². The summed E-state index contributed by atoms with van der Waals surface area (Å²) < 4.78 is 6.95. The first-order chi connectivity index (χ1) is 13.8. The molecule has 0 bridgehead atoms. The fraction of sp³-hybridized carbons (Fsp3) is 0.524. The van der Waals surface area contributed by atoms with Crippen LogP contribution in [0, 0.1) is 19.8 Å². The number of ether oxygens (including phenoxy) is 1. The Balaban J connectivity index is 1.64. The number of halogens is 1. The quantitative estimate of drug-likeness (QED) is 0.721. The van der Waals surface area contributed by atoms with E-state index in [1.165, 1.54) is 19.3 Å². The van der Waals surface area contributed by atoms with E-state index in [0.29, 0.717) is 18.3 Å². The first-order valence-corrected chi connectivity index (χ1v) is 10.4. The molecule has 0 aliphatic heterocycles. The average molecular weight is 419 g/mol. The SMILES string of the molecule is Cc1cc(C)n(-c2ccc(Cl)c(C(=O)OC(C)C(=O)NCC3CCCCC3)n2)n1. The summed E-state index contributed by atoms with van der Waals surface area (Å²) in [5.74, 6) is -0.0843. The topological polar surface area (TPSA) is 86.1 Å². The minimum atomic E-state index is -0.929. The molecule has 1 N–H and O–H groups in total. The maximum absolute atomic E-state index is 12.6. The van der Waals surface area contributed by atoms with Crippen LogP contribution >= 0.6 is 11.6 Å². The van der Waals surface area contributed by atoms with Gasteiger partial charge in [0.05, 0.1) is 10.7 Å². The van der Waals surface area contributed by atoms with Crippen LogP contribution in [0.25, 0.3) is 5.82 Å². The number of carbonyl (C=O) groups is 2. The number of amides is 1. The molecule has 1 unspecified atom stereocenters. The number of hydrogen-bond acceptors (Lipinski definition) is 5. The van der Waals surface area contributed by atoms with Gasteiger partial charge in [-0.25, -0.2) is 14.5 Å². The molecule has 2 aromatic rings. The van der Waals surface area contributed by atoms with Crippen LogP contribution in [0.2, 0.25) is 5.02 Å². The minimum absolute atomic E-state index is 0.0383. The molecule has 2 aromatic heterocycles. The molecule has 1 aliphatic rings. The number of hydrogen-bond donors (Lipinski definition) is 1. The summed E-state index contributed by atoms with van der Waals surface area (Å²) in [6.07, 6.45) is 5.02. The molecule has 1 saturated carbocycles. The Morgan fingerprint density at radius 1 is 1.28 bits per heavy atom. The van der Waals surface area contributed by atoms with Gasteiger partial charge in [0.15, 0.2) is 17.6 Å². The van der Waals surface area contributed by atoms with Crippen molar-refractivity contribution in [2.45, 2.75) is 59.0 Å². The van der Waals surface area contributed by atoms with Crippen molar-refractivity contribution in [3.63, 3.8) is 0 Å². The highest BCUT2D eigenvalue weighted by molar-refractivity contribution is 6.33. The third kappa shape index (κ3) is 5.35. The van der Waals surface area contributed by atoms with Crippen LogP contribution in [0.15, 0.2) is 18.2 Å². The van der Waals surface area contributed by atoms with Gasteiger partial charge >= 0.3 is 5.97 Å². The van der Waals surface area contributed by atoms with Crippen LogP contribution in [0.3, 0.4) is 0 Å². The van der Waals surface area contributed by atoms with Gasteiger partial charge in [-0.15, -0.1) is 0 Å². The van der Waals surface area contributed by atoms with Crippen LogP contribution in [-0.2, 0) is 9.53 Å². The number of pyridine rings is 1. The molecule has 1 amide bonds. The molecular weight excluding hydrogens is 392 g/mol. The second kappa shape index (κ2) is 9.39. The zero-order valence-corrected chi connectivity index (χ0v) is 17.8. The van der Waals surface area contributed by atoms with Gasteiger partial charge in [-0.2, -0.15) is 5.10 Å². The maximum Gasteiger partial charge on any atom is 0.359 e. The lowest BCUT2D eigenvalue weighted by atomic mass is 9.89. The third-order valence-electron chi connectivity index (χ3n) is 5.19. The van der Waals surface area contributed by atoms with E-state index in [9.17, 15) is 9.59 Å². The Morgan fingerprint density at radius 3 is 2.66 bits per heavy atom. The Morgan fingerprint density at radius 2 is 2.00 bits per heavy atom. The zero-order chi connectivity index (χ0) is 21.0. The van der Waals surface area contributed by atoms with Crippen LogP contribution in [0.1, 0.15) is 60.9 Å². The average Bonchev–Trinajstić information content (AvgIpc) is 3.05. The van der Waals surface area contributed by atoms with Gasteiger partial charge in [-0.1, -0.05) is 30.9 Å². The highest BCUT2D eigenvalue weighted by atomic mass is 35.5. The summed E-state index contributed by atoms with van der Waals surface area (Å²) >= 11 is 6.16. The maximum atomic E-state index is 12.6. The molecule has 156 valence electrons. The fourth-order valence-electron chi connectivity index (χ4n) is 3.60. The molecule has 0 spiro atoms. The summed E-state index contributed by atoms with van der Waals surface area (Å²) in [6.45, 7) is 5.94. The second-order valence-corrected chi connectivity index (χ2v) is 8.04. The molecule has 0 radical (unpaired) electrons. The van der Waals surface area contributed by atoms with E-state index in [-0.39, 0.29) is 16.6 Å². The zero-order valence-electron chi connectivity index (χ0n) is 17.1. The number of aryl methyl sites for hydroxylation is 2. The first-order valence-electron chi connectivity index (χ1n) is 10.0. The standard InChI is InChI=1S/C21H27ClN4O3/c1-13-11-14(2)26(25-13)18-10-9-17(22)19(24-18)21(28)29-15(3)20(27)23-12-16-7-5-4-6-8-16/h9-11,15-16H,4-8,12H2,1-3H3,(H,23,27). The molecule has 29 heavy (non-hydrogen) atoms. The highest BCUT2D eigenvalue weighted by Crippen LogP contribution is 2.23. The Bertz CT molecular complexity index is 890. The molecule has 2 heterocycles. The monoisotopic (exact) mass is 418 g/mol. The predicted octanol–water partition coefficient (Wildman–Crippen LogP) is 3.78. The number of esters is 1. The third-order valence-corrected chi connectivity index (χ3v) is 5.50. The molecule has 1 fully saturated rings. The molecule has 8 heteroatoms. The molecule has 7 nitrogen and oxygen atoms in total. The van der Waals surface area contributed by atoms with Crippen LogP contribution in [0.5, 0.6) is 0 Å². The lowest BCUT2D eigenvalue weighted by Gasteiger charge is -2.22. The number of rotatable bonds is 6. The van der Waals surface area contributed by atoms with Crippen molar-refractivity contribution >= 4 is 23.5 Å². The Labute approximate surface area is 175 Å². The largest absolute Gasteiger partial charge is 0.448 e. The van der Waals surface area contributed by atoms with Gasteiger partial charge in [0.25, 0.3) is 5.91 Å². The number of aromatic nitrogens is 3. The molecular formula is C21H27ClN4O3. The van der Waals surface area contributed by atoms with Crippen LogP contribution in [-0.4, -0.2) is 39.3 Å². The summed E-state index contributed by atoms with van der Waals surface area (Å²) in [6, 6.07) is 5.16. The molecule has 0 aromatic carbocycles. The number of nitrogens with one attached hydrogen (secondary N) is 1. The highest BCUT2D eigenvalue weighted by Gasteiger charge is 2.23. The lowest BCUT2D eigenvalue weighted by molar-refractivity contribution is -0.129. The van der Waals surface area contributed by atoms with Crippen molar-refractivity contribution in [1.29, 1.82) is 0 Å². The fourth-order valence-corrected chi connectivity index (χ4v) is 3.79. The minimum Gasteiger partial charge on any atom is -0.448 e. The number of nitrogens with zero attached hydrogens (tertiary/aromatic N) is 3. The molecule has 1 aliphatic carbocycles. The predicted molar refractivity (Wildman–Crippen MR) is 110 cm³/mol. The van der Waals surface area contributed by atoms with E-state index in [1.807, 2.05) is 19.9 Å². The van der Waals surface area contributed by atoms with Crippen LogP contribution < -0.4 is 5.32 Å².